The first-order chi connectivity index (χ1) is 12.0. The van der Waals surface area contributed by atoms with E-state index in [1.54, 1.807) is 24.3 Å². The van der Waals surface area contributed by atoms with Crippen LogP contribution in [0.2, 0.25) is 0 Å². The number of hydrogen-bond donors (Lipinski definition) is 1. The number of nitrogens with zero attached hydrogens (tertiary/aromatic N) is 1. The average Bonchev–Trinajstić information content (AvgIpc) is 2.60. The third-order valence-electron chi connectivity index (χ3n) is 3.91. The lowest BCUT2D eigenvalue weighted by molar-refractivity contribution is -0.122. The first-order valence-corrected chi connectivity index (χ1v) is 8.55. The zero-order chi connectivity index (χ0) is 18.0. The van der Waals surface area contributed by atoms with Crippen molar-refractivity contribution in [3.63, 3.8) is 0 Å². The Hall–Kier alpha value is -2.73. The summed E-state index contributed by atoms with van der Waals surface area (Å²) < 4.78 is 0.749. The van der Waals surface area contributed by atoms with Crippen molar-refractivity contribution in [2.45, 2.75) is 13.3 Å². The fourth-order valence-corrected chi connectivity index (χ4v) is 2.92. The molecule has 25 heavy (non-hydrogen) atoms. The minimum atomic E-state index is -0.747. The van der Waals surface area contributed by atoms with Gasteiger partial charge in [0.2, 0.25) is 0 Å². The second kappa shape index (κ2) is 7.03. The minimum Gasteiger partial charge on any atom is -0.273 e. The molecule has 0 radical (unpaired) electrons. The molecular formula is C19H15BrN2O3. The molecule has 1 aliphatic heterocycles. The van der Waals surface area contributed by atoms with E-state index < -0.39 is 17.8 Å². The van der Waals surface area contributed by atoms with Gasteiger partial charge in [0, 0.05) is 4.47 Å². The number of carbonyl (C=O) groups is 3. The maximum atomic E-state index is 12.8. The number of benzene rings is 2. The van der Waals surface area contributed by atoms with Crippen LogP contribution in [0.3, 0.4) is 0 Å². The fourth-order valence-electron chi connectivity index (χ4n) is 2.52. The average molecular weight is 399 g/mol. The van der Waals surface area contributed by atoms with Gasteiger partial charge in [0.15, 0.2) is 0 Å². The van der Waals surface area contributed by atoms with Crippen molar-refractivity contribution >= 4 is 45.5 Å². The zero-order valence-corrected chi connectivity index (χ0v) is 15.0. The quantitative estimate of drug-likeness (QED) is 0.633. The molecule has 0 unspecified atom stereocenters. The number of anilines is 1. The number of rotatable bonds is 3. The van der Waals surface area contributed by atoms with Crippen LogP contribution in [0.15, 0.2) is 58.6 Å². The number of amides is 4. The van der Waals surface area contributed by atoms with Crippen LogP contribution in [0.1, 0.15) is 18.1 Å². The van der Waals surface area contributed by atoms with Crippen molar-refractivity contribution < 1.29 is 14.4 Å². The van der Waals surface area contributed by atoms with E-state index in [4.69, 9.17) is 0 Å². The molecule has 0 spiro atoms. The van der Waals surface area contributed by atoms with Gasteiger partial charge in [0.1, 0.15) is 5.57 Å². The number of hydrogen-bond acceptors (Lipinski definition) is 3. The summed E-state index contributed by atoms with van der Waals surface area (Å²) in [5.41, 5.74) is 2.10. The van der Waals surface area contributed by atoms with Crippen molar-refractivity contribution in [3.8, 4) is 0 Å². The Morgan fingerprint density at radius 2 is 1.72 bits per heavy atom. The number of halogens is 1. The molecule has 0 saturated carbocycles. The molecule has 4 amide bonds. The summed E-state index contributed by atoms with van der Waals surface area (Å²) in [5.74, 6) is -1.35. The van der Waals surface area contributed by atoms with E-state index in [-0.39, 0.29) is 5.57 Å². The van der Waals surface area contributed by atoms with Gasteiger partial charge in [0.05, 0.1) is 5.69 Å². The molecule has 5 nitrogen and oxygen atoms in total. The van der Waals surface area contributed by atoms with E-state index >= 15 is 0 Å². The molecule has 2 aromatic rings. The molecule has 0 bridgehead atoms. The van der Waals surface area contributed by atoms with Crippen molar-refractivity contribution in [1.82, 2.24) is 5.32 Å². The topological polar surface area (TPSA) is 66.5 Å². The molecule has 6 heteroatoms. The SMILES string of the molecule is CCc1ccc(N2C(=O)NC(=O)/C(=C/c3ccccc3Br)C2=O)cc1. The predicted octanol–water partition coefficient (Wildman–Crippen LogP) is 3.68. The first kappa shape index (κ1) is 17.1. The van der Waals surface area contributed by atoms with Crippen molar-refractivity contribution in [2.24, 2.45) is 0 Å². The first-order valence-electron chi connectivity index (χ1n) is 7.76. The predicted molar refractivity (Wildman–Crippen MR) is 99.0 cm³/mol. The Bertz CT molecular complexity index is 888. The van der Waals surface area contributed by atoms with E-state index in [2.05, 4.69) is 21.2 Å². The number of barbiturate groups is 1. The molecule has 1 N–H and O–H groups in total. The van der Waals surface area contributed by atoms with E-state index in [0.717, 1.165) is 21.4 Å². The highest BCUT2D eigenvalue weighted by atomic mass is 79.9. The number of urea groups is 1. The molecule has 126 valence electrons. The summed E-state index contributed by atoms with van der Waals surface area (Å²) in [7, 11) is 0. The monoisotopic (exact) mass is 398 g/mol. The van der Waals surface area contributed by atoms with Crippen LogP contribution in [-0.2, 0) is 16.0 Å². The second-order valence-corrected chi connectivity index (χ2v) is 6.35. The Morgan fingerprint density at radius 1 is 1.04 bits per heavy atom. The lowest BCUT2D eigenvalue weighted by Crippen LogP contribution is -2.54. The van der Waals surface area contributed by atoms with Gasteiger partial charge in [-0.3, -0.25) is 14.9 Å². The van der Waals surface area contributed by atoms with Gasteiger partial charge in [-0.05, 0) is 41.8 Å². The van der Waals surface area contributed by atoms with Crippen LogP contribution in [0.25, 0.3) is 6.08 Å². The van der Waals surface area contributed by atoms with Crippen LogP contribution in [0.5, 0.6) is 0 Å². The number of imide groups is 2. The molecule has 1 fully saturated rings. The largest absolute Gasteiger partial charge is 0.335 e. The van der Waals surface area contributed by atoms with Gasteiger partial charge >= 0.3 is 6.03 Å². The number of carbonyl (C=O) groups excluding carboxylic acids is 3. The summed E-state index contributed by atoms with van der Waals surface area (Å²) in [6.07, 6.45) is 2.33. The zero-order valence-electron chi connectivity index (χ0n) is 13.5. The molecule has 0 atom stereocenters. The van der Waals surface area contributed by atoms with E-state index in [0.29, 0.717) is 11.3 Å². The van der Waals surface area contributed by atoms with Crippen molar-refractivity contribution in [1.29, 1.82) is 0 Å². The van der Waals surface area contributed by atoms with Crippen LogP contribution in [0, 0.1) is 0 Å². The Morgan fingerprint density at radius 3 is 2.36 bits per heavy atom. The maximum absolute atomic E-state index is 12.8. The van der Waals surface area contributed by atoms with Gasteiger partial charge in [-0.2, -0.15) is 0 Å². The molecule has 1 aliphatic rings. The van der Waals surface area contributed by atoms with Crippen LogP contribution < -0.4 is 10.2 Å². The van der Waals surface area contributed by atoms with Gasteiger partial charge < -0.3 is 0 Å². The van der Waals surface area contributed by atoms with Crippen molar-refractivity contribution in [3.05, 3.63) is 69.7 Å². The van der Waals surface area contributed by atoms with E-state index in [1.807, 2.05) is 31.2 Å². The van der Waals surface area contributed by atoms with Gasteiger partial charge in [-0.25, -0.2) is 9.69 Å². The second-order valence-electron chi connectivity index (χ2n) is 5.50. The van der Waals surface area contributed by atoms with E-state index in [1.165, 1.54) is 6.08 Å². The standard InChI is InChI=1S/C19H15BrN2O3/c1-2-12-7-9-14(10-8-12)22-18(24)15(17(23)21-19(22)25)11-13-5-3-4-6-16(13)20/h3-11H,2H2,1H3,(H,21,23,25)/b15-11-. The normalized spacial score (nSPS) is 16.3. The smallest absolute Gasteiger partial charge is 0.273 e. The van der Waals surface area contributed by atoms with Crippen LogP contribution in [-0.4, -0.2) is 17.8 Å². The number of nitrogens with one attached hydrogen (secondary N) is 1. The third-order valence-corrected chi connectivity index (χ3v) is 4.63. The summed E-state index contributed by atoms with van der Waals surface area (Å²) in [6.45, 7) is 2.02. The minimum absolute atomic E-state index is 0.0916. The number of aryl methyl sites for hydroxylation is 1. The Balaban J connectivity index is 2.01. The highest BCUT2D eigenvalue weighted by Gasteiger charge is 2.36. The molecule has 0 aliphatic carbocycles. The highest BCUT2D eigenvalue weighted by Crippen LogP contribution is 2.24. The van der Waals surface area contributed by atoms with Crippen LogP contribution >= 0.6 is 15.9 Å². The lowest BCUT2D eigenvalue weighted by atomic mass is 10.1. The van der Waals surface area contributed by atoms with Gasteiger partial charge in [0.25, 0.3) is 11.8 Å². The Kier molecular flexibility index (Phi) is 4.81. The van der Waals surface area contributed by atoms with Gasteiger partial charge in [-0.1, -0.05) is 53.2 Å². The summed E-state index contributed by atoms with van der Waals surface area (Å²) in [4.78, 5) is 38.1. The lowest BCUT2D eigenvalue weighted by Gasteiger charge is -2.26. The molecule has 1 saturated heterocycles. The highest BCUT2D eigenvalue weighted by molar-refractivity contribution is 9.10. The van der Waals surface area contributed by atoms with Gasteiger partial charge in [-0.15, -0.1) is 0 Å². The third kappa shape index (κ3) is 3.39. The molecule has 0 aromatic heterocycles. The fraction of sp³-hybridized carbons (Fsp3) is 0.105. The Labute approximate surface area is 153 Å². The van der Waals surface area contributed by atoms with E-state index in [9.17, 15) is 14.4 Å². The summed E-state index contributed by atoms with van der Waals surface area (Å²) in [6, 6.07) is 13.6. The van der Waals surface area contributed by atoms with Crippen molar-refractivity contribution in [2.75, 3.05) is 4.90 Å². The summed E-state index contributed by atoms with van der Waals surface area (Å²) >= 11 is 3.38. The van der Waals surface area contributed by atoms with Crippen LogP contribution in [0.4, 0.5) is 10.5 Å². The summed E-state index contributed by atoms with van der Waals surface area (Å²) in [5, 5.41) is 2.22. The molecule has 2 aromatic carbocycles. The molecule has 1 heterocycles. The molecule has 3 rings (SSSR count). The maximum Gasteiger partial charge on any atom is 0.335 e. The molecular weight excluding hydrogens is 384 g/mol.